The minimum Gasteiger partial charge on any atom is -0.455 e. The highest BCUT2D eigenvalue weighted by molar-refractivity contribution is 6.18. The van der Waals surface area contributed by atoms with Gasteiger partial charge in [0.2, 0.25) is 0 Å². The lowest BCUT2D eigenvalue weighted by molar-refractivity contribution is 0.672. The quantitative estimate of drug-likeness (QED) is 0.229. The van der Waals surface area contributed by atoms with E-state index < -0.39 is 0 Å². The van der Waals surface area contributed by atoms with Crippen molar-refractivity contribution in [2.75, 3.05) is 0 Å². The normalized spacial score (nSPS) is 11.4. The molecule has 8 rings (SSSR count). The summed E-state index contributed by atoms with van der Waals surface area (Å²) in [5.74, 6) is 0.620. The molecular weight excluding hydrogens is 504 g/mol. The summed E-state index contributed by atoms with van der Waals surface area (Å²) in [5.41, 5.74) is 8.70. The number of benzene rings is 4. The van der Waals surface area contributed by atoms with Gasteiger partial charge < -0.3 is 4.42 Å². The van der Waals surface area contributed by atoms with Crippen molar-refractivity contribution in [2.45, 2.75) is 0 Å². The zero-order chi connectivity index (χ0) is 27.2. The monoisotopic (exact) mass is 526 g/mol. The van der Waals surface area contributed by atoms with Gasteiger partial charge in [0.05, 0.1) is 28.0 Å². The lowest BCUT2D eigenvalue weighted by Crippen LogP contribution is -1.97. The number of hydrogen-bond donors (Lipinski definition) is 0. The Morgan fingerprint density at radius 2 is 1.12 bits per heavy atom. The Morgan fingerprint density at radius 1 is 0.488 bits per heavy atom. The van der Waals surface area contributed by atoms with Gasteiger partial charge in [-0.25, -0.2) is 15.0 Å². The number of para-hydroxylation sites is 2. The molecule has 0 aliphatic carbocycles. The average molecular weight is 527 g/mol. The van der Waals surface area contributed by atoms with Crippen LogP contribution in [0.15, 0.2) is 138 Å². The molecule has 0 atom stereocenters. The molecule has 0 spiro atoms. The Kier molecular flexibility index (Phi) is 5.38. The Hall–Kier alpha value is -5.68. The molecule has 8 aromatic rings. The van der Waals surface area contributed by atoms with Crippen molar-refractivity contribution in [3.63, 3.8) is 0 Å². The molecule has 0 aliphatic rings. The molecule has 0 unspecified atom stereocenters. The molecule has 0 bridgehead atoms. The smallest absolute Gasteiger partial charge is 0.161 e. The number of fused-ring (bicyclic) bond motifs is 5. The SMILES string of the molecule is c1ccc(-c2cc(-c3ccccc3)nc(-c3ccc(-c4nc5ccccc5c5oc6ccccc6c45)nc3)n2)cc1. The first-order valence-electron chi connectivity index (χ1n) is 13.5. The molecule has 4 aromatic carbocycles. The van der Waals surface area contributed by atoms with E-state index in [1.807, 2.05) is 97.2 Å². The summed E-state index contributed by atoms with van der Waals surface area (Å²) >= 11 is 0. The molecular formula is C36H22N4O. The standard InChI is InChI=1S/C36H22N4O/c1-3-11-23(12-4-1)30-21-31(24-13-5-2-6-14-24)40-36(39-30)25-19-20-29(37-22-25)34-33-27-16-8-10-18-32(27)41-35(33)26-15-7-9-17-28(26)38-34/h1-22H. The van der Waals surface area contributed by atoms with Crippen molar-refractivity contribution >= 4 is 32.8 Å². The first-order valence-corrected chi connectivity index (χ1v) is 13.5. The maximum Gasteiger partial charge on any atom is 0.161 e. The predicted octanol–water partition coefficient (Wildman–Crippen LogP) is 8.99. The van der Waals surface area contributed by atoms with Crippen LogP contribution in [-0.4, -0.2) is 19.9 Å². The largest absolute Gasteiger partial charge is 0.455 e. The minimum absolute atomic E-state index is 0.620. The van der Waals surface area contributed by atoms with Gasteiger partial charge in [-0.1, -0.05) is 91.0 Å². The lowest BCUT2D eigenvalue weighted by Gasteiger charge is -2.10. The van der Waals surface area contributed by atoms with Crippen molar-refractivity contribution < 1.29 is 4.42 Å². The second kappa shape index (κ2) is 9.50. The summed E-state index contributed by atoms with van der Waals surface area (Å²) in [6.07, 6.45) is 1.83. The molecule has 0 amide bonds. The van der Waals surface area contributed by atoms with Crippen LogP contribution in [0.5, 0.6) is 0 Å². The van der Waals surface area contributed by atoms with Gasteiger partial charge in [0.1, 0.15) is 16.9 Å². The van der Waals surface area contributed by atoms with Crippen LogP contribution in [0, 0.1) is 0 Å². The maximum atomic E-state index is 6.34. The van der Waals surface area contributed by atoms with Crippen LogP contribution in [0.25, 0.3) is 78.1 Å². The number of furan rings is 1. The molecule has 4 aromatic heterocycles. The van der Waals surface area contributed by atoms with Gasteiger partial charge in [0.25, 0.3) is 0 Å². The van der Waals surface area contributed by atoms with Gasteiger partial charge in [0, 0.05) is 33.7 Å². The van der Waals surface area contributed by atoms with Crippen LogP contribution >= 0.6 is 0 Å². The average Bonchev–Trinajstić information content (AvgIpc) is 3.45. The first-order chi connectivity index (χ1) is 20.3. The summed E-state index contributed by atoms with van der Waals surface area (Å²) < 4.78 is 6.34. The van der Waals surface area contributed by atoms with Gasteiger partial charge in [0.15, 0.2) is 5.82 Å². The van der Waals surface area contributed by atoms with E-state index in [0.29, 0.717) is 5.82 Å². The third-order valence-corrected chi connectivity index (χ3v) is 7.34. The Balaban J connectivity index is 1.29. The Morgan fingerprint density at radius 3 is 1.80 bits per heavy atom. The molecule has 0 radical (unpaired) electrons. The molecule has 41 heavy (non-hydrogen) atoms. The Bertz CT molecular complexity index is 2130. The van der Waals surface area contributed by atoms with Crippen molar-refractivity contribution in [1.82, 2.24) is 19.9 Å². The molecule has 5 nitrogen and oxygen atoms in total. The van der Waals surface area contributed by atoms with Crippen molar-refractivity contribution in [3.05, 3.63) is 134 Å². The van der Waals surface area contributed by atoms with E-state index >= 15 is 0 Å². The number of hydrogen-bond acceptors (Lipinski definition) is 5. The van der Waals surface area contributed by atoms with Crippen LogP contribution in [-0.2, 0) is 0 Å². The van der Waals surface area contributed by atoms with Crippen molar-refractivity contribution in [3.8, 4) is 45.3 Å². The molecule has 192 valence electrons. The summed E-state index contributed by atoms with van der Waals surface area (Å²) in [4.78, 5) is 19.8. The Labute approximate surface area is 235 Å². The number of pyridine rings is 2. The van der Waals surface area contributed by atoms with Gasteiger partial charge in [-0.2, -0.15) is 0 Å². The van der Waals surface area contributed by atoms with Crippen molar-refractivity contribution in [2.24, 2.45) is 0 Å². The van der Waals surface area contributed by atoms with Gasteiger partial charge in [-0.05, 0) is 36.4 Å². The van der Waals surface area contributed by atoms with E-state index in [0.717, 1.165) is 72.3 Å². The second-order valence-electron chi connectivity index (χ2n) is 9.91. The van der Waals surface area contributed by atoms with Gasteiger partial charge in [-0.15, -0.1) is 0 Å². The minimum atomic E-state index is 0.620. The van der Waals surface area contributed by atoms with Crippen LogP contribution < -0.4 is 0 Å². The first kappa shape index (κ1) is 23.2. The van der Waals surface area contributed by atoms with Crippen LogP contribution in [0.2, 0.25) is 0 Å². The fourth-order valence-electron chi connectivity index (χ4n) is 5.35. The van der Waals surface area contributed by atoms with Crippen LogP contribution in [0.1, 0.15) is 0 Å². The fraction of sp³-hybridized carbons (Fsp3) is 0. The maximum absolute atomic E-state index is 6.34. The molecule has 0 fully saturated rings. The molecule has 0 aliphatic heterocycles. The lowest BCUT2D eigenvalue weighted by atomic mass is 10.0. The molecule has 4 heterocycles. The summed E-state index contributed by atoms with van der Waals surface area (Å²) in [5, 5.41) is 2.97. The summed E-state index contributed by atoms with van der Waals surface area (Å²) in [7, 11) is 0. The van der Waals surface area contributed by atoms with Crippen LogP contribution in [0.4, 0.5) is 0 Å². The topological polar surface area (TPSA) is 64.7 Å². The second-order valence-corrected chi connectivity index (χ2v) is 9.91. The van der Waals surface area contributed by atoms with Gasteiger partial charge in [-0.3, -0.25) is 4.98 Å². The highest BCUT2D eigenvalue weighted by atomic mass is 16.3. The highest BCUT2D eigenvalue weighted by Crippen LogP contribution is 2.39. The molecule has 0 saturated heterocycles. The zero-order valence-electron chi connectivity index (χ0n) is 21.9. The molecule has 5 heteroatoms. The molecule has 0 N–H and O–H groups in total. The number of rotatable bonds is 4. The summed E-state index contributed by atoms with van der Waals surface area (Å²) in [6.45, 7) is 0. The van der Waals surface area contributed by atoms with E-state index in [-0.39, 0.29) is 0 Å². The fourth-order valence-corrected chi connectivity index (χ4v) is 5.35. The number of aromatic nitrogens is 4. The predicted molar refractivity (Wildman–Crippen MR) is 164 cm³/mol. The van der Waals surface area contributed by atoms with E-state index in [1.54, 1.807) is 0 Å². The van der Waals surface area contributed by atoms with Gasteiger partial charge >= 0.3 is 0 Å². The summed E-state index contributed by atoms with van der Waals surface area (Å²) in [6, 6.07) is 42.5. The zero-order valence-corrected chi connectivity index (χ0v) is 21.9. The third kappa shape index (κ3) is 4.03. The highest BCUT2D eigenvalue weighted by Gasteiger charge is 2.18. The van der Waals surface area contributed by atoms with Crippen molar-refractivity contribution in [1.29, 1.82) is 0 Å². The van der Waals surface area contributed by atoms with E-state index in [4.69, 9.17) is 24.4 Å². The van der Waals surface area contributed by atoms with E-state index in [9.17, 15) is 0 Å². The van der Waals surface area contributed by atoms with Crippen LogP contribution in [0.3, 0.4) is 0 Å². The van der Waals surface area contributed by atoms with E-state index in [1.165, 1.54) is 0 Å². The third-order valence-electron chi connectivity index (χ3n) is 7.34. The number of nitrogens with zero attached hydrogens (tertiary/aromatic N) is 4. The van der Waals surface area contributed by atoms with E-state index in [2.05, 4.69) is 36.4 Å². The molecule has 0 saturated carbocycles.